The number of nitrogens with two attached hydrogens (primary N) is 1. The number of nitrogen functional groups attached to an aromatic ring is 1. The molecule has 2 aromatic carbocycles. The highest BCUT2D eigenvalue weighted by Gasteiger charge is 2.18. The SMILES string of the molecule is COc1ccc(NC(=O)C(C)Oc2cc(C)ccc2C(C)C)cc1N.Cl. The summed E-state index contributed by atoms with van der Waals surface area (Å²) in [6, 6.07) is 11.2. The molecule has 26 heavy (non-hydrogen) atoms. The highest BCUT2D eigenvalue weighted by Crippen LogP contribution is 2.29. The van der Waals surface area contributed by atoms with Crippen molar-refractivity contribution in [1.29, 1.82) is 0 Å². The van der Waals surface area contributed by atoms with E-state index in [-0.39, 0.29) is 18.3 Å². The number of carbonyl (C=O) groups is 1. The number of hydrogen-bond donors (Lipinski definition) is 2. The topological polar surface area (TPSA) is 73.6 Å². The molecule has 6 heteroatoms. The maximum absolute atomic E-state index is 12.4. The normalized spacial score (nSPS) is 11.5. The molecule has 0 bridgehead atoms. The van der Waals surface area contributed by atoms with Crippen LogP contribution in [0, 0.1) is 6.92 Å². The van der Waals surface area contributed by atoms with Gasteiger partial charge in [0.15, 0.2) is 6.10 Å². The Morgan fingerprint density at radius 1 is 1.08 bits per heavy atom. The van der Waals surface area contributed by atoms with Crippen LogP contribution in [0.5, 0.6) is 11.5 Å². The zero-order chi connectivity index (χ0) is 18.6. The Hall–Kier alpha value is -2.40. The van der Waals surface area contributed by atoms with Crippen molar-refractivity contribution in [2.45, 2.75) is 39.7 Å². The Morgan fingerprint density at radius 2 is 1.77 bits per heavy atom. The molecule has 2 aromatic rings. The summed E-state index contributed by atoms with van der Waals surface area (Å²) >= 11 is 0. The zero-order valence-electron chi connectivity index (χ0n) is 15.8. The Kier molecular flexibility index (Phi) is 7.77. The largest absolute Gasteiger partial charge is 0.495 e. The number of methoxy groups -OCH3 is 1. The predicted molar refractivity (Wildman–Crippen MR) is 109 cm³/mol. The number of nitrogens with one attached hydrogen (secondary N) is 1. The van der Waals surface area contributed by atoms with E-state index in [2.05, 4.69) is 19.2 Å². The molecule has 0 aliphatic carbocycles. The monoisotopic (exact) mass is 378 g/mol. The van der Waals surface area contributed by atoms with Crippen LogP contribution < -0.4 is 20.5 Å². The standard InChI is InChI=1S/C20H26N2O3.ClH/c1-12(2)16-8-6-13(3)10-19(16)25-14(4)20(23)22-15-7-9-18(24-5)17(21)11-15;/h6-12,14H,21H2,1-5H3,(H,22,23);1H. The van der Waals surface area contributed by atoms with Gasteiger partial charge in [-0.2, -0.15) is 0 Å². The van der Waals surface area contributed by atoms with Gasteiger partial charge in [-0.1, -0.05) is 26.0 Å². The van der Waals surface area contributed by atoms with E-state index in [0.717, 1.165) is 16.9 Å². The number of amides is 1. The Labute approximate surface area is 161 Å². The molecular weight excluding hydrogens is 352 g/mol. The van der Waals surface area contributed by atoms with E-state index in [1.165, 1.54) is 0 Å². The van der Waals surface area contributed by atoms with E-state index in [9.17, 15) is 4.79 Å². The van der Waals surface area contributed by atoms with Gasteiger partial charge >= 0.3 is 0 Å². The lowest BCUT2D eigenvalue weighted by atomic mass is 10.0. The molecule has 3 N–H and O–H groups in total. The van der Waals surface area contributed by atoms with E-state index in [0.29, 0.717) is 23.0 Å². The van der Waals surface area contributed by atoms with E-state index in [1.807, 2.05) is 25.1 Å². The number of halogens is 1. The lowest BCUT2D eigenvalue weighted by Gasteiger charge is -2.19. The minimum atomic E-state index is -0.636. The summed E-state index contributed by atoms with van der Waals surface area (Å²) in [6.07, 6.45) is -0.636. The second-order valence-electron chi connectivity index (χ2n) is 6.40. The van der Waals surface area contributed by atoms with Crippen molar-refractivity contribution >= 4 is 29.7 Å². The summed E-state index contributed by atoms with van der Waals surface area (Å²) in [6.45, 7) is 7.93. The number of rotatable bonds is 6. The smallest absolute Gasteiger partial charge is 0.265 e. The van der Waals surface area contributed by atoms with Crippen LogP contribution in [0.1, 0.15) is 37.8 Å². The zero-order valence-corrected chi connectivity index (χ0v) is 16.6. The first-order valence-electron chi connectivity index (χ1n) is 8.33. The van der Waals surface area contributed by atoms with Gasteiger partial charge in [-0.3, -0.25) is 4.79 Å². The third-order valence-electron chi connectivity index (χ3n) is 3.96. The van der Waals surface area contributed by atoms with Crippen LogP contribution in [0.4, 0.5) is 11.4 Å². The number of anilines is 2. The second kappa shape index (κ2) is 9.34. The molecule has 0 radical (unpaired) electrons. The average molecular weight is 379 g/mol. The molecule has 0 heterocycles. The summed E-state index contributed by atoms with van der Waals surface area (Å²) in [5, 5.41) is 2.82. The second-order valence-corrected chi connectivity index (χ2v) is 6.40. The van der Waals surface area contributed by atoms with E-state index < -0.39 is 6.10 Å². The molecule has 142 valence electrons. The molecule has 0 aliphatic rings. The molecule has 0 aromatic heterocycles. The molecular formula is C20H27ClN2O3. The third kappa shape index (κ3) is 5.30. The van der Waals surface area contributed by atoms with Crippen molar-refractivity contribution in [3.8, 4) is 11.5 Å². The van der Waals surface area contributed by atoms with Crippen molar-refractivity contribution in [1.82, 2.24) is 0 Å². The number of benzene rings is 2. The third-order valence-corrected chi connectivity index (χ3v) is 3.96. The van der Waals surface area contributed by atoms with Crippen molar-refractivity contribution in [3.63, 3.8) is 0 Å². The summed E-state index contributed by atoms with van der Waals surface area (Å²) < 4.78 is 11.0. The number of hydrogen-bond acceptors (Lipinski definition) is 4. The molecule has 1 atom stereocenters. The lowest BCUT2D eigenvalue weighted by Crippen LogP contribution is -2.30. The fourth-order valence-electron chi connectivity index (χ4n) is 2.52. The molecule has 0 aliphatic heterocycles. The first-order chi connectivity index (χ1) is 11.8. The molecule has 2 rings (SSSR count). The minimum absolute atomic E-state index is 0. The molecule has 0 spiro atoms. The van der Waals surface area contributed by atoms with Gasteiger partial charge in [0.05, 0.1) is 12.8 Å². The molecule has 1 unspecified atom stereocenters. The maximum atomic E-state index is 12.4. The Morgan fingerprint density at radius 3 is 2.35 bits per heavy atom. The summed E-state index contributed by atoms with van der Waals surface area (Å²) in [5.41, 5.74) is 9.12. The molecule has 0 saturated carbocycles. The van der Waals surface area contributed by atoms with Crippen molar-refractivity contribution in [2.75, 3.05) is 18.2 Å². The van der Waals surface area contributed by atoms with Gasteiger partial charge in [-0.25, -0.2) is 0 Å². The van der Waals surface area contributed by atoms with Gasteiger partial charge < -0.3 is 20.5 Å². The lowest BCUT2D eigenvalue weighted by molar-refractivity contribution is -0.122. The van der Waals surface area contributed by atoms with Crippen molar-refractivity contribution in [3.05, 3.63) is 47.5 Å². The summed E-state index contributed by atoms with van der Waals surface area (Å²) in [7, 11) is 1.55. The van der Waals surface area contributed by atoms with Crippen LogP contribution in [0.3, 0.4) is 0 Å². The van der Waals surface area contributed by atoms with Crippen LogP contribution in [0.2, 0.25) is 0 Å². The number of aryl methyl sites for hydroxylation is 1. The van der Waals surface area contributed by atoms with Crippen molar-refractivity contribution < 1.29 is 14.3 Å². The highest BCUT2D eigenvalue weighted by atomic mass is 35.5. The van der Waals surface area contributed by atoms with E-state index in [1.54, 1.807) is 32.2 Å². The summed E-state index contributed by atoms with van der Waals surface area (Å²) in [4.78, 5) is 12.4. The van der Waals surface area contributed by atoms with Gasteiger partial charge in [-0.05, 0) is 55.2 Å². The minimum Gasteiger partial charge on any atom is -0.495 e. The molecule has 1 amide bonds. The Bertz CT molecular complexity index is 763. The number of ether oxygens (including phenoxy) is 2. The molecule has 0 saturated heterocycles. The van der Waals surface area contributed by atoms with Crippen LogP contribution >= 0.6 is 12.4 Å². The summed E-state index contributed by atoms with van der Waals surface area (Å²) in [5.74, 6) is 1.39. The molecule has 0 fully saturated rings. The quantitative estimate of drug-likeness (QED) is 0.724. The number of carbonyl (C=O) groups excluding carboxylic acids is 1. The van der Waals surface area contributed by atoms with E-state index in [4.69, 9.17) is 15.2 Å². The highest BCUT2D eigenvalue weighted by molar-refractivity contribution is 5.94. The van der Waals surface area contributed by atoms with Crippen LogP contribution in [0.25, 0.3) is 0 Å². The van der Waals surface area contributed by atoms with E-state index >= 15 is 0 Å². The van der Waals surface area contributed by atoms with Gasteiger partial charge in [0, 0.05) is 5.69 Å². The fraction of sp³-hybridized carbons (Fsp3) is 0.350. The van der Waals surface area contributed by atoms with Gasteiger partial charge in [0.2, 0.25) is 0 Å². The van der Waals surface area contributed by atoms with Crippen LogP contribution in [-0.4, -0.2) is 19.1 Å². The van der Waals surface area contributed by atoms with Crippen LogP contribution in [-0.2, 0) is 4.79 Å². The molecule has 5 nitrogen and oxygen atoms in total. The first-order valence-corrected chi connectivity index (χ1v) is 8.33. The average Bonchev–Trinajstić information content (AvgIpc) is 2.54. The van der Waals surface area contributed by atoms with Gasteiger partial charge in [0.1, 0.15) is 11.5 Å². The van der Waals surface area contributed by atoms with Gasteiger partial charge in [-0.15, -0.1) is 12.4 Å². The Balaban J connectivity index is 0.00000338. The van der Waals surface area contributed by atoms with Crippen LogP contribution in [0.15, 0.2) is 36.4 Å². The first kappa shape index (κ1) is 21.6. The van der Waals surface area contributed by atoms with Crippen molar-refractivity contribution in [2.24, 2.45) is 0 Å². The van der Waals surface area contributed by atoms with Gasteiger partial charge in [0.25, 0.3) is 5.91 Å². The fourth-order valence-corrected chi connectivity index (χ4v) is 2.52. The predicted octanol–water partition coefficient (Wildman–Crippen LogP) is 4.54. The maximum Gasteiger partial charge on any atom is 0.265 e.